The van der Waals surface area contributed by atoms with Gasteiger partial charge in [-0.25, -0.2) is 8.42 Å². The summed E-state index contributed by atoms with van der Waals surface area (Å²) >= 11 is 12.9. The van der Waals surface area contributed by atoms with E-state index in [0.717, 1.165) is 9.87 Å². The van der Waals surface area contributed by atoms with Gasteiger partial charge in [-0.3, -0.25) is 13.9 Å². The Morgan fingerprint density at radius 3 is 2.17 bits per heavy atom. The van der Waals surface area contributed by atoms with Crippen molar-refractivity contribution in [3.8, 4) is 5.75 Å². The molecule has 11 heteroatoms. The third-order valence-electron chi connectivity index (χ3n) is 6.79. The molecule has 220 valence electrons. The van der Waals surface area contributed by atoms with Crippen molar-refractivity contribution in [1.29, 1.82) is 0 Å². The van der Waals surface area contributed by atoms with Crippen LogP contribution in [-0.4, -0.2) is 50.9 Å². The van der Waals surface area contributed by atoms with Crippen molar-refractivity contribution in [3.63, 3.8) is 0 Å². The van der Waals surface area contributed by atoms with Gasteiger partial charge in [-0.15, -0.1) is 0 Å². The number of anilines is 1. The van der Waals surface area contributed by atoms with E-state index in [2.05, 4.69) is 5.32 Å². The Hall–Kier alpha value is -3.27. The standard InChI is InChI=1S/C30H35Cl2N3O5S/c1-6-21(3)33-30(37)22(4)34(18-26-27(31)11-8-12-28(26)32)29(36)19-35(23-9-7-10-24(17-23)40-5)41(38,39)25-15-13-20(2)14-16-25/h7-17,21-22H,6,18-19H2,1-5H3,(H,33,37). The first-order valence-electron chi connectivity index (χ1n) is 13.1. The van der Waals surface area contributed by atoms with E-state index in [0.29, 0.717) is 27.8 Å². The summed E-state index contributed by atoms with van der Waals surface area (Å²) in [6, 6.07) is 16.7. The van der Waals surface area contributed by atoms with Crippen molar-refractivity contribution in [3.05, 3.63) is 87.9 Å². The van der Waals surface area contributed by atoms with Crippen molar-refractivity contribution < 1.29 is 22.7 Å². The van der Waals surface area contributed by atoms with Crippen molar-refractivity contribution in [1.82, 2.24) is 10.2 Å². The van der Waals surface area contributed by atoms with Crippen molar-refractivity contribution in [2.45, 2.75) is 57.6 Å². The molecule has 3 aromatic rings. The summed E-state index contributed by atoms with van der Waals surface area (Å²) in [4.78, 5) is 28.6. The van der Waals surface area contributed by atoms with Crippen LogP contribution < -0.4 is 14.4 Å². The highest BCUT2D eigenvalue weighted by Gasteiger charge is 2.33. The molecule has 0 aliphatic rings. The van der Waals surface area contributed by atoms with E-state index < -0.39 is 28.5 Å². The second kappa shape index (κ2) is 14.1. The predicted molar refractivity (Wildman–Crippen MR) is 163 cm³/mol. The second-order valence-corrected chi connectivity index (χ2v) is 12.4. The number of nitrogens with one attached hydrogen (secondary N) is 1. The summed E-state index contributed by atoms with van der Waals surface area (Å²) in [5.41, 5.74) is 1.56. The second-order valence-electron chi connectivity index (χ2n) is 9.74. The van der Waals surface area contributed by atoms with Crippen LogP contribution in [-0.2, 0) is 26.2 Å². The van der Waals surface area contributed by atoms with Crippen LogP contribution in [0, 0.1) is 6.92 Å². The molecule has 1 N–H and O–H groups in total. The fourth-order valence-electron chi connectivity index (χ4n) is 4.03. The summed E-state index contributed by atoms with van der Waals surface area (Å²) in [7, 11) is -2.74. The molecule has 2 amide bonds. The highest BCUT2D eigenvalue weighted by atomic mass is 35.5. The number of ether oxygens (including phenoxy) is 1. The molecule has 3 aromatic carbocycles. The zero-order valence-electron chi connectivity index (χ0n) is 23.7. The Morgan fingerprint density at radius 1 is 0.976 bits per heavy atom. The van der Waals surface area contributed by atoms with E-state index in [1.807, 2.05) is 20.8 Å². The number of sulfonamides is 1. The highest BCUT2D eigenvalue weighted by Crippen LogP contribution is 2.29. The van der Waals surface area contributed by atoms with E-state index in [4.69, 9.17) is 27.9 Å². The zero-order valence-corrected chi connectivity index (χ0v) is 26.1. The summed E-state index contributed by atoms with van der Waals surface area (Å²) in [6.45, 7) is 6.54. The van der Waals surface area contributed by atoms with Gasteiger partial charge in [0.1, 0.15) is 18.3 Å². The number of hydrogen-bond donors (Lipinski definition) is 1. The lowest BCUT2D eigenvalue weighted by Crippen LogP contribution is -2.52. The summed E-state index contributed by atoms with van der Waals surface area (Å²) in [5.74, 6) is -0.587. The molecule has 3 rings (SSSR count). The first kappa shape index (κ1) is 32.2. The van der Waals surface area contributed by atoms with Crippen LogP contribution in [0.4, 0.5) is 5.69 Å². The third kappa shape index (κ3) is 7.93. The quantitative estimate of drug-likeness (QED) is 0.275. The van der Waals surface area contributed by atoms with E-state index in [-0.39, 0.29) is 29.1 Å². The first-order valence-corrected chi connectivity index (χ1v) is 15.3. The number of halogens is 2. The van der Waals surface area contributed by atoms with Gasteiger partial charge in [-0.2, -0.15) is 0 Å². The largest absolute Gasteiger partial charge is 0.497 e. The van der Waals surface area contributed by atoms with Gasteiger partial charge in [-0.05, 0) is 63.6 Å². The van der Waals surface area contributed by atoms with Crippen LogP contribution in [0.3, 0.4) is 0 Å². The van der Waals surface area contributed by atoms with Gasteiger partial charge in [0.05, 0.1) is 17.7 Å². The van der Waals surface area contributed by atoms with Gasteiger partial charge in [0.25, 0.3) is 10.0 Å². The van der Waals surface area contributed by atoms with Crippen LogP contribution in [0.5, 0.6) is 5.75 Å². The van der Waals surface area contributed by atoms with E-state index in [1.54, 1.807) is 55.5 Å². The Labute approximate surface area is 252 Å². The molecule has 0 saturated carbocycles. The zero-order chi connectivity index (χ0) is 30.3. The number of nitrogens with zero attached hydrogens (tertiary/aromatic N) is 2. The molecule has 0 heterocycles. The lowest BCUT2D eigenvalue weighted by Gasteiger charge is -2.33. The predicted octanol–water partition coefficient (Wildman–Crippen LogP) is 5.84. The molecular formula is C30H35Cl2N3O5S. The number of carbonyl (C=O) groups excluding carboxylic acids is 2. The van der Waals surface area contributed by atoms with Gasteiger partial charge in [0, 0.05) is 34.3 Å². The van der Waals surface area contributed by atoms with Gasteiger partial charge in [-0.1, -0.05) is 60.0 Å². The number of benzene rings is 3. The number of methoxy groups -OCH3 is 1. The normalized spacial score (nSPS) is 12.8. The molecule has 0 saturated heterocycles. The average molecular weight is 621 g/mol. The lowest BCUT2D eigenvalue weighted by molar-refractivity contribution is -0.139. The molecule has 2 unspecified atom stereocenters. The van der Waals surface area contributed by atoms with Crippen LogP contribution >= 0.6 is 23.2 Å². The monoisotopic (exact) mass is 619 g/mol. The maximum absolute atomic E-state index is 14.1. The topological polar surface area (TPSA) is 96.0 Å². The molecule has 0 aliphatic heterocycles. The summed E-state index contributed by atoms with van der Waals surface area (Å²) in [6.07, 6.45) is 0.696. The van der Waals surface area contributed by atoms with Crippen molar-refractivity contribution >= 4 is 50.7 Å². The van der Waals surface area contributed by atoms with Gasteiger partial charge >= 0.3 is 0 Å². The van der Waals surface area contributed by atoms with E-state index in [9.17, 15) is 18.0 Å². The molecule has 0 radical (unpaired) electrons. The molecule has 0 aliphatic carbocycles. The minimum Gasteiger partial charge on any atom is -0.497 e. The average Bonchev–Trinajstić information content (AvgIpc) is 2.95. The SMILES string of the molecule is CCC(C)NC(=O)C(C)N(Cc1c(Cl)cccc1Cl)C(=O)CN(c1cccc(OC)c1)S(=O)(=O)c1ccc(C)cc1. The molecule has 0 aromatic heterocycles. The Kier molecular flexibility index (Phi) is 11.1. The van der Waals surface area contributed by atoms with E-state index in [1.165, 1.54) is 30.2 Å². The molecule has 41 heavy (non-hydrogen) atoms. The van der Waals surface area contributed by atoms with Gasteiger partial charge in [0.15, 0.2) is 0 Å². The van der Waals surface area contributed by atoms with Gasteiger partial charge < -0.3 is 15.0 Å². The Balaban J connectivity index is 2.08. The maximum Gasteiger partial charge on any atom is 0.264 e. The van der Waals surface area contributed by atoms with E-state index >= 15 is 0 Å². The minimum absolute atomic E-state index is 0.0157. The third-order valence-corrected chi connectivity index (χ3v) is 9.28. The maximum atomic E-state index is 14.1. The number of carbonyl (C=O) groups is 2. The minimum atomic E-state index is -4.20. The molecule has 0 bridgehead atoms. The number of hydrogen-bond acceptors (Lipinski definition) is 5. The number of aryl methyl sites for hydroxylation is 1. The van der Waals surface area contributed by atoms with Crippen molar-refractivity contribution in [2.24, 2.45) is 0 Å². The fraction of sp³-hybridized carbons (Fsp3) is 0.333. The van der Waals surface area contributed by atoms with Gasteiger partial charge in [0.2, 0.25) is 11.8 Å². The number of rotatable bonds is 12. The van der Waals surface area contributed by atoms with Crippen LogP contribution in [0.25, 0.3) is 0 Å². The van der Waals surface area contributed by atoms with Crippen LogP contribution in [0.1, 0.15) is 38.3 Å². The van der Waals surface area contributed by atoms with Crippen LogP contribution in [0.15, 0.2) is 71.6 Å². The molecular weight excluding hydrogens is 585 g/mol. The molecule has 0 spiro atoms. The van der Waals surface area contributed by atoms with Crippen LogP contribution in [0.2, 0.25) is 10.0 Å². The van der Waals surface area contributed by atoms with Crippen molar-refractivity contribution in [2.75, 3.05) is 18.0 Å². The number of amides is 2. The Bertz CT molecular complexity index is 1460. The molecule has 8 nitrogen and oxygen atoms in total. The molecule has 0 fully saturated rings. The fourth-order valence-corrected chi connectivity index (χ4v) is 5.96. The summed E-state index contributed by atoms with van der Waals surface area (Å²) in [5, 5.41) is 3.54. The lowest BCUT2D eigenvalue weighted by atomic mass is 10.1. The highest BCUT2D eigenvalue weighted by molar-refractivity contribution is 7.92. The molecule has 2 atom stereocenters. The first-order chi connectivity index (χ1) is 19.4. The smallest absolute Gasteiger partial charge is 0.264 e. The summed E-state index contributed by atoms with van der Waals surface area (Å²) < 4.78 is 34.2. The Morgan fingerprint density at radius 2 is 1.59 bits per heavy atom.